The third-order valence-corrected chi connectivity index (χ3v) is 3.26. The maximum Gasteiger partial charge on any atom is -0.0317 e. The Morgan fingerprint density at radius 3 is 2.00 bits per heavy atom. The van der Waals surface area contributed by atoms with Gasteiger partial charge in [0, 0.05) is 0 Å². The molecule has 1 aliphatic rings. The lowest BCUT2D eigenvalue weighted by Gasteiger charge is -2.28. The van der Waals surface area contributed by atoms with E-state index in [4.69, 9.17) is 0 Å². The summed E-state index contributed by atoms with van der Waals surface area (Å²) >= 11 is 0. The number of hydrogen-bond donors (Lipinski definition) is 0. The molecule has 1 aliphatic carbocycles. The molecule has 74 valence electrons. The molecule has 0 aromatic carbocycles. The van der Waals surface area contributed by atoms with Crippen molar-refractivity contribution in [1.29, 1.82) is 0 Å². The molecule has 0 aromatic heterocycles. The zero-order valence-electron chi connectivity index (χ0n) is 8.67. The first kappa shape index (κ1) is 10.6. The van der Waals surface area contributed by atoms with E-state index in [1.54, 1.807) is 0 Å². The summed E-state index contributed by atoms with van der Waals surface area (Å²) in [5.41, 5.74) is 0. The second kappa shape index (κ2) is 6.01. The van der Waals surface area contributed by atoms with Crippen LogP contribution in [0.25, 0.3) is 0 Å². The van der Waals surface area contributed by atoms with Crippen LogP contribution in [0.4, 0.5) is 0 Å². The lowest BCUT2D eigenvalue weighted by atomic mass is 9.77. The van der Waals surface area contributed by atoms with E-state index < -0.39 is 0 Å². The zero-order chi connectivity index (χ0) is 9.52. The van der Waals surface area contributed by atoms with Gasteiger partial charge in [0.2, 0.25) is 0 Å². The van der Waals surface area contributed by atoms with Crippen molar-refractivity contribution < 1.29 is 0 Å². The van der Waals surface area contributed by atoms with Crippen LogP contribution in [-0.4, -0.2) is 0 Å². The summed E-state index contributed by atoms with van der Waals surface area (Å²) in [4.78, 5) is 0. The molecule has 0 heterocycles. The maximum atomic E-state index is 3.84. The zero-order valence-corrected chi connectivity index (χ0v) is 8.67. The summed E-state index contributed by atoms with van der Waals surface area (Å²) in [7, 11) is 0. The van der Waals surface area contributed by atoms with Crippen molar-refractivity contribution in [1.82, 2.24) is 0 Å². The minimum atomic E-state index is 0.829. The third-order valence-electron chi connectivity index (χ3n) is 3.26. The lowest BCUT2D eigenvalue weighted by Crippen LogP contribution is -2.16. The summed E-state index contributed by atoms with van der Waals surface area (Å²) < 4.78 is 0. The Hall–Kier alpha value is -0.520. The van der Waals surface area contributed by atoms with Crippen LogP contribution in [0.1, 0.15) is 44.9 Å². The van der Waals surface area contributed by atoms with Crippen molar-refractivity contribution in [2.45, 2.75) is 44.9 Å². The highest BCUT2D eigenvalue weighted by molar-refractivity contribution is 4.84. The van der Waals surface area contributed by atoms with Crippen LogP contribution >= 0.6 is 0 Å². The van der Waals surface area contributed by atoms with Crippen LogP contribution in [0, 0.1) is 11.8 Å². The first-order valence-corrected chi connectivity index (χ1v) is 5.60. The Kier molecular flexibility index (Phi) is 4.88. The minimum absolute atomic E-state index is 0.829. The molecule has 0 atom stereocenters. The van der Waals surface area contributed by atoms with Gasteiger partial charge in [-0.15, -0.1) is 13.2 Å². The van der Waals surface area contributed by atoms with Crippen molar-refractivity contribution in [3.05, 3.63) is 25.3 Å². The van der Waals surface area contributed by atoms with Gasteiger partial charge in [-0.2, -0.15) is 0 Å². The molecule has 0 radical (unpaired) electrons. The first-order chi connectivity index (χ1) is 6.38. The Bertz CT molecular complexity index is 141. The van der Waals surface area contributed by atoms with E-state index in [9.17, 15) is 0 Å². The molecule has 0 aliphatic heterocycles. The standard InChI is InChI=1S/C13H22/c1-3-8-12(9-4-2)13-10-6-5-7-11-13/h3-4,12-13H,1-2,5-11H2. The van der Waals surface area contributed by atoms with Crippen molar-refractivity contribution >= 4 is 0 Å². The fraction of sp³-hybridized carbons (Fsp3) is 0.692. The van der Waals surface area contributed by atoms with Crippen molar-refractivity contribution in [3.63, 3.8) is 0 Å². The highest BCUT2D eigenvalue weighted by Crippen LogP contribution is 2.33. The fourth-order valence-corrected chi connectivity index (χ4v) is 2.51. The molecule has 1 saturated carbocycles. The summed E-state index contributed by atoms with van der Waals surface area (Å²) in [6.07, 6.45) is 13.7. The smallest absolute Gasteiger partial charge is 0.0317 e. The molecule has 0 unspecified atom stereocenters. The predicted octanol–water partition coefficient (Wildman–Crippen LogP) is 4.34. The van der Waals surface area contributed by atoms with Crippen LogP contribution in [-0.2, 0) is 0 Å². The number of rotatable bonds is 5. The van der Waals surface area contributed by atoms with E-state index >= 15 is 0 Å². The SMILES string of the molecule is C=CCC(CC=C)C1CCCCC1. The summed E-state index contributed by atoms with van der Waals surface area (Å²) in [5.74, 6) is 1.78. The van der Waals surface area contributed by atoms with Crippen molar-refractivity contribution in [2.24, 2.45) is 11.8 Å². The summed E-state index contributed by atoms with van der Waals surface area (Å²) in [6.45, 7) is 7.69. The van der Waals surface area contributed by atoms with Gasteiger partial charge >= 0.3 is 0 Å². The molecule has 0 heteroatoms. The summed E-state index contributed by atoms with van der Waals surface area (Å²) in [6, 6.07) is 0. The highest BCUT2D eigenvalue weighted by Gasteiger charge is 2.21. The monoisotopic (exact) mass is 178 g/mol. The summed E-state index contributed by atoms with van der Waals surface area (Å²) in [5, 5.41) is 0. The molecule has 0 saturated heterocycles. The van der Waals surface area contributed by atoms with Gasteiger partial charge in [0.05, 0.1) is 0 Å². The van der Waals surface area contributed by atoms with Crippen LogP contribution in [0.5, 0.6) is 0 Å². The van der Waals surface area contributed by atoms with E-state index in [2.05, 4.69) is 25.3 Å². The minimum Gasteiger partial charge on any atom is -0.103 e. The molecule has 0 aromatic rings. The van der Waals surface area contributed by atoms with E-state index in [0.717, 1.165) is 11.8 Å². The Labute approximate surface area is 82.7 Å². The van der Waals surface area contributed by atoms with Gasteiger partial charge in [-0.25, -0.2) is 0 Å². The second-order valence-electron chi connectivity index (χ2n) is 4.21. The van der Waals surface area contributed by atoms with Crippen LogP contribution in [0.15, 0.2) is 25.3 Å². The Balaban J connectivity index is 2.40. The molecule has 0 spiro atoms. The number of hydrogen-bond acceptors (Lipinski definition) is 0. The van der Waals surface area contributed by atoms with Gasteiger partial charge < -0.3 is 0 Å². The molecule has 1 rings (SSSR count). The third kappa shape index (κ3) is 3.38. The van der Waals surface area contributed by atoms with Gasteiger partial charge in [0.1, 0.15) is 0 Å². The number of allylic oxidation sites excluding steroid dienone is 2. The van der Waals surface area contributed by atoms with Gasteiger partial charge in [-0.05, 0) is 24.7 Å². The van der Waals surface area contributed by atoms with Gasteiger partial charge in [-0.3, -0.25) is 0 Å². The molecule has 0 N–H and O–H groups in total. The molecule has 13 heavy (non-hydrogen) atoms. The average molecular weight is 178 g/mol. The van der Waals surface area contributed by atoms with Crippen molar-refractivity contribution in [3.8, 4) is 0 Å². The Morgan fingerprint density at radius 1 is 1.00 bits per heavy atom. The quantitative estimate of drug-likeness (QED) is 0.549. The first-order valence-electron chi connectivity index (χ1n) is 5.60. The van der Waals surface area contributed by atoms with E-state index in [1.807, 2.05) is 0 Å². The topological polar surface area (TPSA) is 0 Å². The Morgan fingerprint density at radius 2 is 1.54 bits per heavy atom. The molecular weight excluding hydrogens is 156 g/mol. The lowest BCUT2D eigenvalue weighted by molar-refractivity contribution is 0.250. The molecular formula is C13H22. The highest BCUT2D eigenvalue weighted by atomic mass is 14.3. The second-order valence-corrected chi connectivity index (χ2v) is 4.21. The van der Waals surface area contributed by atoms with Crippen molar-refractivity contribution in [2.75, 3.05) is 0 Å². The van der Waals surface area contributed by atoms with Gasteiger partial charge in [-0.1, -0.05) is 44.3 Å². The molecule has 0 amide bonds. The fourth-order valence-electron chi connectivity index (χ4n) is 2.51. The molecule has 0 nitrogen and oxygen atoms in total. The van der Waals surface area contributed by atoms with E-state index in [0.29, 0.717) is 0 Å². The van der Waals surface area contributed by atoms with E-state index in [-0.39, 0.29) is 0 Å². The van der Waals surface area contributed by atoms with E-state index in [1.165, 1.54) is 44.9 Å². The van der Waals surface area contributed by atoms with Crippen LogP contribution in [0.3, 0.4) is 0 Å². The maximum absolute atomic E-state index is 3.84. The predicted molar refractivity (Wildman–Crippen MR) is 59.7 cm³/mol. The normalized spacial score (nSPS) is 18.8. The van der Waals surface area contributed by atoms with Gasteiger partial charge in [0.25, 0.3) is 0 Å². The van der Waals surface area contributed by atoms with Crippen LogP contribution in [0.2, 0.25) is 0 Å². The largest absolute Gasteiger partial charge is 0.103 e. The van der Waals surface area contributed by atoms with Crippen LogP contribution < -0.4 is 0 Å². The molecule has 0 bridgehead atoms. The molecule has 1 fully saturated rings. The average Bonchev–Trinajstić information content (AvgIpc) is 2.19. The van der Waals surface area contributed by atoms with Gasteiger partial charge in [0.15, 0.2) is 0 Å².